The first-order valence-electron chi connectivity index (χ1n) is 10.5. The molecule has 28 heavy (non-hydrogen) atoms. The van der Waals surface area contributed by atoms with E-state index in [0.717, 1.165) is 63.5 Å². The van der Waals surface area contributed by atoms with Crippen molar-refractivity contribution >= 4 is 28.4 Å². The van der Waals surface area contributed by atoms with Gasteiger partial charge in [0.25, 0.3) is 0 Å². The fourth-order valence-corrected chi connectivity index (χ4v) is 4.66. The van der Waals surface area contributed by atoms with Crippen molar-refractivity contribution in [3.63, 3.8) is 0 Å². The van der Waals surface area contributed by atoms with E-state index in [1.165, 1.54) is 16.5 Å². The third-order valence-electron chi connectivity index (χ3n) is 6.15. The molecule has 0 bridgehead atoms. The minimum atomic E-state index is 0.129. The molecule has 1 N–H and O–H groups in total. The van der Waals surface area contributed by atoms with Crippen LogP contribution in [0.5, 0.6) is 0 Å². The number of nitrogens with zero attached hydrogens (tertiary/aromatic N) is 2. The van der Waals surface area contributed by atoms with E-state index < -0.39 is 0 Å². The Morgan fingerprint density at radius 2 is 2.11 bits per heavy atom. The van der Waals surface area contributed by atoms with Crippen LogP contribution < -0.4 is 5.32 Å². The largest absolute Gasteiger partial charge is 0.376 e. The highest BCUT2D eigenvalue weighted by molar-refractivity contribution is 6.31. The molecule has 0 unspecified atom stereocenters. The first kappa shape index (κ1) is 19.7. The number of halogens is 1. The Bertz CT molecular complexity index is 821. The number of aromatic nitrogens is 1. The van der Waals surface area contributed by atoms with Gasteiger partial charge < -0.3 is 14.6 Å². The summed E-state index contributed by atoms with van der Waals surface area (Å²) in [4.78, 5) is 14.9. The van der Waals surface area contributed by atoms with Crippen molar-refractivity contribution in [2.75, 3.05) is 26.2 Å². The minimum absolute atomic E-state index is 0.129. The van der Waals surface area contributed by atoms with Crippen molar-refractivity contribution in [2.24, 2.45) is 5.92 Å². The lowest BCUT2D eigenvalue weighted by molar-refractivity contribution is -0.127. The van der Waals surface area contributed by atoms with E-state index in [4.69, 9.17) is 16.3 Å². The van der Waals surface area contributed by atoms with Crippen LogP contribution in [0.4, 0.5) is 0 Å². The molecule has 0 radical (unpaired) electrons. The zero-order valence-electron chi connectivity index (χ0n) is 16.6. The highest BCUT2D eigenvalue weighted by Gasteiger charge is 2.26. The van der Waals surface area contributed by atoms with E-state index in [9.17, 15) is 4.79 Å². The Hall–Kier alpha value is -1.56. The molecule has 0 spiro atoms. The van der Waals surface area contributed by atoms with Crippen molar-refractivity contribution < 1.29 is 9.53 Å². The summed E-state index contributed by atoms with van der Waals surface area (Å²) in [5.41, 5.74) is 2.56. The first-order valence-corrected chi connectivity index (χ1v) is 10.9. The van der Waals surface area contributed by atoms with Gasteiger partial charge in [-0.25, -0.2) is 0 Å². The number of nitrogens with one attached hydrogen (secondary N) is 1. The summed E-state index contributed by atoms with van der Waals surface area (Å²) in [6.07, 6.45) is 6.48. The Labute approximate surface area is 172 Å². The predicted molar refractivity (Wildman–Crippen MR) is 113 cm³/mol. The van der Waals surface area contributed by atoms with Crippen molar-refractivity contribution in [3.8, 4) is 0 Å². The molecule has 2 aliphatic rings. The maximum absolute atomic E-state index is 12.5. The minimum Gasteiger partial charge on any atom is -0.376 e. The van der Waals surface area contributed by atoms with Gasteiger partial charge in [0.05, 0.1) is 6.10 Å². The van der Waals surface area contributed by atoms with Gasteiger partial charge >= 0.3 is 0 Å². The Kier molecular flexibility index (Phi) is 6.24. The van der Waals surface area contributed by atoms with Crippen molar-refractivity contribution in [2.45, 2.75) is 51.8 Å². The zero-order valence-corrected chi connectivity index (χ0v) is 17.4. The van der Waals surface area contributed by atoms with Crippen LogP contribution in [-0.2, 0) is 22.6 Å². The van der Waals surface area contributed by atoms with Gasteiger partial charge in [-0.3, -0.25) is 9.69 Å². The van der Waals surface area contributed by atoms with Crippen molar-refractivity contribution in [1.29, 1.82) is 0 Å². The van der Waals surface area contributed by atoms with Crippen LogP contribution in [0.25, 0.3) is 10.9 Å². The van der Waals surface area contributed by atoms with E-state index in [1.807, 2.05) is 6.07 Å². The molecule has 3 heterocycles. The summed E-state index contributed by atoms with van der Waals surface area (Å²) in [5, 5.41) is 5.12. The summed E-state index contributed by atoms with van der Waals surface area (Å²) < 4.78 is 7.88. The van der Waals surface area contributed by atoms with E-state index >= 15 is 0 Å². The number of ether oxygens (including phenoxy) is 1. The summed E-state index contributed by atoms with van der Waals surface area (Å²) in [6.45, 7) is 7.43. The molecule has 2 saturated heterocycles. The van der Waals surface area contributed by atoms with Crippen LogP contribution in [0, 0.1) is 5.92 Å². The van der Waals surface area contributed by atoms with Gasteiger partial charge in [0.1, 0.15) is 0 Å². The van der Waals surface area contributed by atoms with Crippen LogP contribution in [0.15, 0.2) is 24.4 Å². The molecule has 6 heteroatoms. The Morgan fingerprint density at radius 1 is 1.29 bits per heavy atom. The molecular formula is C22H30ClN3O2. The monoisotopic (exact) mass is 403 g/mol. The quantitative estimate of drug-likeness (QED) is 0.797. The molecule has 152 valence electrons. The number of amides is 1. The van der Waals surface area contributed by atoms with Crippen molar-refractivity contribution in [1.82, 2.24) is 14.8 Å². The molecular weight excluding hydrogens is 374 g/mol. The number of rotatable bonds is 6. The summed E-state index contributed by atoms with van der Waals surface area (Å²) >= 11 is 6.24. The van der Waals surface area contributed by atoms with Crippen LogP contribution >= 0.6 is 11.6 Å². The lowest BCUT2D eigenvalue weighted by atomic mass is 9.95. The Morgan fingerprint density at radius 3 is 2.82 bits per heavy atom. The first-order chi connectivity index (χ1) is 13.6. The van der Waals surface area contributed by atoms with E-state index in [-0.39, 0.29) is 17.9 Å². The highest BCUT2D eigenvalue weighted by Crippen LogP contribution is 2.27. The molecule has 1 amide bonds. The van der Waals surface area contributed by atoms with Crippen LogP contribution in [-0.4, -0.2) is 47.7 Å². The smallest absolute Gasteiger partial charge is 0.223 e. The number of piperidine rings is 1. The molecule has 0 saturated carbocycles. The third kappa shape index (κ3) is 4.37. The van der Waals surface area contributed by atoms with Crippen LogP contribution in [0.1, 0.15) is 38.2 Å². The average molecular weight is 404 g/mol. The summed E-state index contributed by atoms with van der Waals surface area (Å²) in [6, 6.07) is 6.14. The Balaban J connectivity index is 1.32. The predicted octanol–water partition coefficient (Wildman–Crippen LogP) is 3.82. The molecule has 0 aliphatic carbocycles. The molecule has 5 nitrogen and oxygen atoms in total. The number of aryl methyl sites for hydroxylation is 1. The molecule has 1 aromatic heterocycles. The van der Waals surface area contributed by atoms with Gasteiger partial charge in [0, 0.05) is 54.3 Å². The number of fused-ring (bicyclic) bond motifs is 1. The topological polar surface area (TPSA) is 46.5 Å². The molecule has 1 atom stereocenters. The highest BCUT2D eigenvalue weighted by atomic mass is 35.5. The van der Waals surface area contributed by atoms with Crippen molar-refractivity contribution in [3.05, 3.63) is 35.0 Å². The second-order valence-electron chi connectivity index (χ2n) is 8.03. The summed E-state index contributed by atoms with van der Waals surface area (Å²) in [5.74, 6) is 0.327. The SMILES string of the molecule is CCn1cc(CN2CCC(C(=O)NC[C@H]3CCCO3)CC2)c2cc(Cl)ccc21. The van der Waals surface area contributed by atoms with E-state index in [2.05, 4.69) is 40.0 Å². The maximum Gasteiger partial charge on any atom is 0.223 e. The number of likely N-dealkylation sites (tertiary alicyclic amines) is 1. The van der Waals surface area contributed by atoms with Gasteiger partial charge in [0.15, 0.2) is 0 Å². The van der Waals surface area contributed by atoms with Gasteiger partial charge in [0.2, 0.25) is 5.91 Å². The van der Waals surface area contributed by atoms with Crippen LogP contribution in [0.2, 0.25) is 5.02 Å². The maximum atomic E-state index is 12.5. The second-order valence-corrected chi connectivity index (χ2v) is 8.47. The lowest BCUT2D eigenvalue weighted by Crippen LogP contribution is -2.42. The van der Waals surface area contributed by atoms with Gasteiger partial charge in [-0.2, -0.15) is 0 Å². The second kappa shape index (κ2) is 8.85. The normalized spacial score (nSPS) is 21.4. The number of carbonyl (C=O) groups excluding carboxylic acids is 1. The fourth-order valence-electron chi connectivity index (χ4n) is 4.49. The standard InChI is InChI=1S/C22H30ClN3O2/c1-2-26-15-17(20-12-18(23)5-6-21(20)26)14-25-9-7-16(8-10-25)22(27)24-13-19-4-3-11-28-19/h5-6,12,15-16,19H,2-4,7-11,13-14H2,1H3,(H,24,27)/t19-/m1/s1. The molecule has 2 fully saturated rings. The molecule has 2 aromatic rings. The van der Waals surface area contributed by atoms with Gasteiger partial charge in [-0.15, -0.1) is 0 Å². The average Bonchev–Trinajstić information content (AvgIpc) is 3.34. The molecule has 4 rings (SSSR count). The third-order valence-corrected chi connectivity index (χ3v) is 6.38. The van der Waals surface area contributed by atoms with E-state index in [1.54, 1.807) is 0 Å². The van der Waals surface area contributed by atoms with Crippen LogP contribution in [0.3, 0.4) is 0 Å². The molecule has 2 aliphatic heterocycles. The number of hydrogen-bond acceptors (Lipinski definition) is 3. The number of carbonyl (C=O) groups is 1. The summed E-state index contributed by atoms with van der Waals surface area (Å²) in [7, 11) is 0. The number of benzene rings is 1. The van der Waals surface area contributed by atoms with Gasteiger partial charge in [-0.05, 0) is 69.5 Å². The molecule has 1 aromatic carbocycles. The van der Waals surface area contributed by atoms with E-state index in [0.29, 0.717) is 6.54 Å². The number of hydrogen-bond donors (Lipinski definition) is 1. The van der Waals surface area contributed by atoms with Gasteiger partial charge in [-0.1, -0.05) is 11.6 Å². The fraction of sp³-hybridized carbons (Fsp3) is 0.591. The zero-order chi connectivity index (χ0) is 19.5. The lowest BCUT2D eigenvalue weighted by Gasteiger charge is -2.31.